The molecule has 0 aromatic heterocycles. The van der Waals surface area contributed by atoms with Crippen molar-refractivity contribution in [1.82, 2.24) is 0 Å². The fourth-order valence-electron chi connectivity index (χ4n) is 4.73. The van der Waals surface area contributed by atoms with Gasteiger partial charge in [0.15, 0.2) is 0 Å². The van der Waals surface area contributed by atoms with Gasteiger partial charge in [-0.05, 0) is 54.7 Å². The molecule has 0 saturated heterocycles. The highest BCUT2D eigenvalue weighted by atomic mass is 32.2. The van der Waals surface area contributed by atoms with Crippen molar-refractivity contribution >= 4 is 15.8 Å². The first-order valence-electron chi connectivity index (χ1n) is 12.2. The van der Waals surface area contributed by atoms with Crippen molar-refractivity contribution in [3.05, 3.63) is 76.9 Å². The predicted molar refractivity (Wildman–Crippen MR) is 142 cm³/mol. The average molecular weight is 525 g/mol. The van der Waals surface area contributed by atoms with Gasteiger partial charge in [-0.15, -0.1) is 0 Å². The van der Waals surface area contributed by atoms with Crippen LogP contribution in [0.3, 0.4) is 0 Å². The van der Waals surface area contributed by atoms with E-state index in [-0.39, 0.29) is 31.3 Å². The van der Waals surface area contributed by atoms with E-state index in [0.717, 1.165) is 33.4 Å². The normalized spacial score (nSPS) is 14.6. The summed E-state index contributed by atoms with van der Waals surface area (Å²) in [6, 6.07) is 17.6. The molecule has 1 aliphatic heterocycles. The zero-order chi connectivity index (χ0) is 26.6. The van der Waals surface area contributed by atoms with Crippen LogP contribution in [0.5, 0.6) is 17.2 Å². The molecule has 196 valence electrons. The number of sulfone groups is 1. The summed E-state index contributed by atoms with van der Waals surface area (Å²) in [6.45, 7) is 4.94. The number of rotatable bonds is 11. The highest BCUT2D eigenvalue weighted by molar-refractivity contribution is 7.90. The van der Waals surface area contributed by atoms with E-state index in [1.54, 1.807) is 6.07 Å². The third-order valence-corrected chi connectivity index (χ3v) is 7.55. The van der Waals surface area contributed by atoms with Gasteiger partial charge in [-0.2, -0.15) is 0 Å². The van der Waals surface area contributed by atoms with Gasteiger partial charge in [0.2, 0.25) is 0 Å². The Bertz CT molecular complexity index is 1380. The summed E-state index contributed by atoms with van der Waals surface area (Å²) in [5, 5.41) is 9.14. The molecule has 37 heavy (non-hydrogen) atoms. The molecule has 1 atom stereocenters. The van der Waals surface area contributed by atoms with Crippen LogP contribution < -0.4 is 14.2 Å². The van der Waals surface area contributed by atoms with Crippen molar-refractivity contribution in [2.75, 3.05) is 25.2 Å². The van der Waals surface area contributed by atoms with Crippen molar-refractivity contribution in [1.29, 1.82) is 0 Å². The van der Waals surface area contributed by atoms with Gasteiger partial charge in [0.1, 0.15) is 33.7 Å². The molecule has 0 bridgehead atoms. The number of carboxylic acids is 1. The summed E-state index contributed by atoms with van der Waals surface area (Å²) in [7, 11) is -3.06. The number of fused-ring (bicyclic) bond motifs is 1. The number of benzene rings is 3. The number of ether oxygens (including phenoxy) is 3. The zero-order valence-electron chi connectivity index (χ0n) is 21.3. The van der Waals surface area contributed by atoms with Crippen LogP contribution in [0.15, 0.2) is 54.6 Å². The van der Waals surface area contributed by atoms with Crippen LogP contribution in [0.25, 0.3) is 11.1 Å². The summed E-state index contributed by atoms with van der Waals surface area (Å²) in [5.74, 6) is 0.973. The molecule has 0 unspecified atom stereocenters. The largest absolute Gasteiger partial charge is 0.493 e. The molecule has 1 N–H and O–H groups in total. The van der Waals surface area contributed by atoms with Crippen LogP contribution in [0.1, 0.15) is 41.0 Å². The second kappa shape index (κ2) is 11.3. The van der Waals surface area contributed by atoms with Crippen molar-refractivity contribution < 1.29 is 32.5 Å². The Hall–Kier alpha value is -3.52. The molecule has 4 rings (SSSR count). The van der Waals surface area contributed by atoms with Crippen molar-refractivity contribution in [3.63, 3.8) is 0 Å². The van der Waals surface area contributed by atoms with Gasteiger partial charge in [0.05, 0.1) is 25.4 Å². The first kappa shape index (κ1) is 26.5. The van der Waals surface area contributed by atoms with Crippen LogP contribution in [-0.2, 0) is 21.2 Å². The molecular weight excluding hydrogens is 492 g/mol. The van der Waals surface area contributed by atoms with Gasteiger partial charge < -0.3 is 19.3 Å². The second-order valence-electron chi connectivity index (χ2n) is 9.46. The van der Waals surface area contributed by atoms with E-state index in [0.29, 0.717) is 30.3 Å². The van der Waals surface area contributed by atoms with Crippen LogP contribution in [0, 0.1) is 13.8 Å². The minimum atomic E-state index is -3.06. The summed E-state index contributed by atoms with van der Waals surface area (Å²) in [4.78, 5) is 11.1. The smallest absolute Gasteiger partial charge is 0.304 e. The SMILES string of the molecule is Cc1cc(OCCCS(C)(=O)=O)c(COc2ccc3c(c2)OC[C@@H]3CC(=O)O)c(C)c1-c1ccccc1. The van der Waals surface area contributed by atoms with Gasteiger partial charge in [0, 0.05) is 29.4 Å². The molecule has 3 aromatic carbocycles. The Morgan fingerprint density at radius 3 is 2.54 bits per heavy atom. The molecule has 8 heteroatoms. The van der Waals surface area contributed by atoms with Gasteiger partial charge in [-0.25, -0.2) is 8.42 Å². The fourth-order valence-corrected chi connectivity index (χ4v) is 5.37. The van der Waals surface area contributed by atoms with E-state index in [4.69, 9.17) is 19.3 Å². The van der Waals surface area contributed by atoms with E-state index in [1.165, 1.54) is 6.26 Å². The van der Waals surface area contributed by atoms with Gasteiger partial charge in [-0.1, -0.05) is 36.4 Å². The number of aryl methyl sites for hydroxylation is 1. The van der Waals surface area contributed by atoms with Crippen LogP contribution in [-0.4, -0.2) is 44.7 Å². The van der Waals surface area contributed by atoms with E-state index in [2.05, 4.69) is 12.1 Å². The minimum Gasteiger partial charge on any atom is -0.493 e. The second-order valence-corrected chi connectivity index (χ2v) is 11.7. The van der Waals surface area contributed by atoms with Crippen molar-refractivity contribution in [3.8, 4) is 28.4 Å². The van der Waals surface area contributed by atoms with E-state index in [1.807, 2.05) is 50.2 Å². The predicted octanol–water partition coefficient (Wildman–Crippen LogP) is 5.31. The first-order valence-corrected chi connectivity index (χ1v) is 14.3. The monoisotopic (exact) mass is 524 g/mol. The molecule has 0 saturated carbocycles. The van der Waals surface area contributed by atoms with Gasteiger partial charge in [-0.3, -0.25) is 4.79 Å². The Labute approximate surface area is 217 Å². The number of carbonyl (C=O) groups is 1. The lowest BCUT2D eigenvalue weighted by Crippen LogP contribution is -2.10. The lowest BCUT2D eigenvalue weighted by molar-refractivity contribution is -0.137. The highest BCUT2D eigenvalue weighted by Crippen LogP contribution is 2.39. The summed E-state index contributed by atoms with van der Waals surface area (Å²) >= 11 is 0. The van der Waals surface area contributed by atoms with Crippen LogP contribution in [0.2, 0.25) is 0 Å². The molecule has 0 spiro atoms. The topological polar surface area (TPSA) is 99.1 Å². The lowest BCUT2D eigenvalue weighted by atomic mass is 9.91. The maximum atomic E-state index is 11.5. The summed E-state index contributed by atoms with van der Waals surface area (Å²) in [5.41, 5.74) is 6.05. The van der Waals surface area contributed by atoms with E-state index >= 15 is 0 Å². The average Bonchev–Trinajstić information content (AvgIpc) is 3.22. The molecule has 3 aromatic rings. The lowest BCUT2D eigenvalue weighted by Gasteiger charge is -2.20. The Morgan fingerprint density at radius 1 is 1.08 bits per heavy atom. The molecular formula is C29H32O7S. The summed E-state index contributed by atoms with van der Waals surface area (Å²) < 4.78 is 41.0. The zero-order valence-corrected chi connectivity index (χ0v) is 22.1. The fraction of sp³-hybridized carbons (Fsp3) is 0.345. The maximum absolute atomic E-state index is 11.5. The third kappa shape index (κ3) is 6.63. The molecule has 0 fully saturated rings. The Balaban J connectivity index is 1.59. The Kier molecular flexibility index (Phi) is 8.07. The maximum Gasteiger partial charge on any atom is 0.304 e. The quantitative estimate of drug-likeness (QED) is 0.339. The van der Waals surface area contributed by atoms with Crippen LogP contribution in [0.4, 0.5) is 0 Å². The molecule has 1 heterocycles. The minimum absolute atomic E-state index is 0.0259. The highest BCUT2D eigenvalue weighted by Gasteiger charge is 2.27. The van der Waals surface area contributed by atoms with Gasteiger partial charge >= 0.3 is 5.97 Å². The van der Waals surface area contributed by atoms with Crippen LogP contribution >= 0.6 is 0 Å². The molecule has 0 radical (unpaired) electrons. The van der Waals surface area contributed by atoms with Gasteiger partial charge in [0.25, 0.3) is 0 Å². The van der Waals surface area contributed by atoms with Crippen molar-refractivity contribution in [2.24, 2.45) is 0 Å². The molecule has 7 nitrogen and oxygen atoms in total. The standard InChI is InChI=1S/C29H32O7S/c1-19-14-26(34-12-7-13-37(3,32)33)25(20(2)29(19)21-8-5-4-6-9-21)18-35-23-10-11-24-22(15-28(30)31)17-36-27(24)16-23/h4-6,8-11,14,16,22H,7,12-13,15,17-18H2,1-3H3,(H,30,31)/t22-/m0/s1. The van der Waals surface area contributed by atoms with Crippen molar-refractivity contribution in [2.45, 2.75) is 39.2 Å². The molecule has 0 aliphatic carbocycles. The van der Waals surface area contributed by atoms with E-state index in [9.17, 15) is 13.2 Å². The Morgan fingerprint density at radius 2 is 1.84 bits per heavy atom. The number of carboxylic acid groups (broad SMARTS) is 1. The number of hydrogen-bond acceptors (Lipinski definition) is 6. The molecule has 1 aliphatic rings. The first-order chi connectivity index (χ1) is 17.6. The molecule has 0 amide bonds. The third-order valence-electron chi connectivity index (χ3n) is 6.52. The summed E-state index contributed by atoms with van der Waals surface area (Å²) in [6.07, 6.45) is 1.65. The number of hydrogen-bond donors (Lipinski definition) is 1. The van der Waals surface area contributed by atoms with E-state index < -0.39 is 15.8 Å². The number of aliphatic carboxylic acids is 1.